The van der Waals surface area contributed by atoms with Gasteiger partial charge in [0.1, 0.15) is 4.99 Å². The van der Waals surface area contributed by atoms with Crippen LogP contribution in [0.1, 0.15) is 5.56 Å². The molecule has 0 saturated carbocycles. The smallest absolute Gasteiger partial charge is 0.106 e. The fraction of sp³-hybridized carbons (Fsp3) is 0.125. The first-order chi connectivity index (χ1) is 5.24. The minimum absolute atomic E-state index is 0.793. The van der Waals surface area contributed by atoms with Gasteiger partial charge >= 0.3 is 0 Å². The van der Waals surface area contributed by atoms with Gasteiger partial charge in [0.05, 0.1) is 0 Å². The Hall–Kier alpha value is -0.160. The van der Waals surface area contributed by atoms with E-state index in [-0.39, 0.29) is 0 Å². The highest BCUT2D eigenvalue weighted by Crippen LogP contribution is 2.06. The maximum Gasteiger partial charge on any atom is 0.106 e. The lowest BCUT2D eigenvalue weighted by atomic mass is 10.2. The Kier molecular flexibility index (Phi) is 3.26. The Morgan fingerprint density at radius 2 is 1.91 bits per heavy atom. The highest BCUT2D eigenvalue weighted by Gasteiger charge is 1.95. The van der Waals surface area contributed by atoms with E-state index in [0.29, 0.717) is 0 Å². The van der Waals surface area contributed by atoms with Crippen LogP contribution in [-0.2, 0) is 0 Å². The Balaban J connectivity index is 2.90. The zero-order chi connectivity index (χ0) is 8.27. The van der Waals surface area contributed by atoms with Gasteiger partial charge < -0.3 is 5.32 Å². The van der Waals surface area contributed by atoms with Crippen molar-refractivity contribution in [1.29, 1.82) is 0 Å². The first-order valence-corrected chi connectivity index (χ1v) is 4.70. The van der Waals surface area contributed by atoms with Crippen LogP contribution in [0.3, 0.4) is 0 Å². The summed E-state index contributed by atoms with van der Waals surface area (Å²) in [7, 11) is 1.83. The van der Waals surface area contributed by atoms with Gasteiger partial charge in [0, 0.05) is 16.2 Å². The lowest BCUT2D eigenvalue weighted by Gasteiger charge is -2.01. The van der Waals surface area contributed by atoms with E-state index in [1.807, 2.05) is 31.3 Å². The zero-order valence-corrected chi connectivity index (χ0v) is 9.07. The van der Waals surface area contributed by atoms with Crippen LogP contribution in [0.15, 0.2) is 24.3 Å². The van der Waals surface area contributed by atoms with E-state index in [1.54, 1.807) is 0 Å². The van der Waals surface area contributed by atoms with E-state index in [9.17, 15) is 0 Å². The van der Waals surface area contributed by atoms with Crippen molar-refractivity contribution in [3.63, 3.8) is 0 Å². The molecule has 1 nitrogen and oxygen atoms in total. The maximum atomic E-state index is 5.05. The van der Waals surface area contributed by atoms with Crippen LogP contribution in [0.4, 0.5) is 0 Å². The quantitative estimate of drug-likeness (QED) is 0.624. The average molecular weight is 277 g/mol. The molecule has 0 unspecified atom stereocenters. The summed E-state index contributed by atoms with van der Waals surface area (Å²) in [4.78, 5) is 0.793. The van der Waals surface area contributed by atoms with Crippen molar-refractivity contribution in [2.75, 3.05) is 7.05 Å². The number of rotatable bonds is 1. The first-order valence-electron chi connectivity index (χ1n) is 3.21. The summed E-state index contributed by atoms with van der Waals surface area (Å²) in [5.41, 5.74) is 1.07. The molecule has 0 aromatic heterocycles. The number of benzene rings is 1. The SMILES string of the molecule is CNC(=S)c1ccc(I)cc1. The minimum atomic E-state index is 0.793. The third kappa shape index (κ3) is 2.41. The molecule has 1 N–H and O–H groups in total. The summed E-state index contributed by atoms with van der Waals surface area (Å²) in [5, 5.41) is 2.93. The topological polar surface area (TPSA) is 12.0 Å². The molecule has 1 aromatic rings. The van der Waals surface area contributed by atoms with E-state index in [1.165, 1.54) is 3.57 Å². The zero-order valence-electron chi connectivity index (χ0n) is 6.10. The number of halogens is 1. The third-order valence-corrected chi connectivity index (χ3v) is 2.49. The van der Waals surface area contributed by atoms with Gasteiger partial charge in [-0.25, -0.2) is 0 Å². The minimum Gasteiger partial charge on any atom is -0.379 e. The molecule has 0 atom stereocenters. The number of hydrogen-bond acceptors (Lipinski definition) is 1. The molecule has 1 aromatic carbocycles. The monoisotopic (exact) mass is 277 g/mol. The molecule has 0 spiro atoms. The van der Waals surface area contributed by atoms with Crippen LogP contribution in [0.2, 0.25) is 0 Å². The molecule has 0 heterocycles. The standard InChI is InChI=1S/C8H8INS/c1-10-8(11)6-2-4-7(9)5-3-6/h2-5H,1H3,(H,10,11). The van der Waals surface area contributed by atoms with Crippen LogP contribution in [0.5, 0.6) is 0 Å². The van der Waals surface area contributed by atoms with Gasteiger partial charge in [-0.3, -0.25) is 0 Å². The first kappa shape index (κ1) is 8.93. The molecule has 0 fully saturated rings. The molecular weight excluding hydrogens is 269 g/mol. The van der Waals surface area contributed by atoms with E-state index in [2.05, 4.69) is 27.9 Å². The van der Waals surface area contributed by atoms with Crippen molar-refractivity contribution in [1.82, 2.24) is 5.32 Å². The van der Waals surface area contributed by atoms with E-state index in [0.717, 1.165) is 10.6 Å². The Morgan fingerprint density at radius 1 is 1.36 bits per heavy atom. The van der Waals surface area contributed by atoms with Crippen molar-refractivity contribution in [3.05, 3.63) is 33.4 Å². The second-order valence-corrected chi connectivity index (χ2v) is 3.74. The second kappa shape index (κ2) is 4.01. The Morgan fingerprint density at radius 3 is 2.36 bits per heavy atom. The molecule has 0 aliphatic carbocycles. The fourth-order valence-corrected chi connectivity index (χ4v) is 1.24. The van der Waals surface area contributed by atoms with Gasteiger partial charge in [0.15, 0.2) is 0 Å². The van der Waals surface area contributed by atoms with Gasteiger partial charge in [-0.05, 0) is 34.7 Å². The Bertz CT molecular complexity index is 255. The van der Waals surface area contributed by atoms with Crippen LogP contribution in [-0.4, -0.2) is 12.0 Å². The molecular formula is C8H8INS. The average Bonchev–Trinajstić information content (AvgIpc) is 2.05. The molecule has 58 valence electrons. The summed E-state index contributed by atoms with van der Waals surface area (Å²) in [6.07, 6.45) is 0. The van der Waals surface area contributed by atoms with Crippen molar-refractivity contribution < 1.29 is 0 Å². The molecule has 0 aliphatic rings. The molecule has 0 amide bonds. The lowest BCUT2D eigenvalue weighted by Crippen LogP contribution is -2.16. The fourth-order valence-electron chi connectivity index (χ4n) is 0.746. The highest BCUT2D eigenvalue weighted by molar-refractivity contribution is 14.1. The summed E-state index contributed by atoms with van der Waals surface area (Å²) >= 11 is 7.32. The van der Waals surface area contributed by atoms with Gasteiger partial charge in [-0.15, -0.1) is 0 Å². The van der Waals surface area contributed by atoms with Crippen LogP contribution < -0.4 is 5.32 Å². The summed E-state index contributed by atoms with van der Waals surface area (Å²) in [6.45, 7) is 0. The van der Waals surface area contributed by atoms with E-state index in [4.69, 9.17) is 12.2 Å². The summed E-state index contributed by atoms with van der Waals surface area (Å²) < 4.78 is 1.23. The van der Waals surface area contributed by atoms with Gasteiger partial charge in [-0.2, -0.15) is 0 Å². The normalized spacial score (nSPS) is 9.27. The van der Waals surface area contributed by atoms with Crippen molar-refractivity contribution in [3.8, 4) is 0 Å². The van der Waals surface area contributed by atoms with Crippen molar-refractivity contribution >= 4 is 39.8 Å². The maximum absolute atomic E-state index is 5.05. The summed E-state index contributed by atoms with van der Waals surface area (Å²) in [5.74, 6) is 0. The van der Waals surface area contributed by atoms with Crippen LogP contribution in [0.25, 0.3) is 0 Å². The van der Waals surface area contributed by atoms with Gasteiger partial charge in [0.25, 0.3) is 0 Å². The third-order valence-electron chi connectivity index (χ3n) is 1.33. The molecule has 0 saturated heterocycles. The molecule has 0 aliphatic heterocycles. The molecule has 1 rings (SSSR count). The number of nitrogens with one attached hydrogen (secondary N) is 1. The van der Waals surface area contributed by atoms with Gasteiger partial charge in [-0.1, -0.05) is 24.4 Å². The predicted molar refractivity (Wildman–Crippen MR) is 59.9 cm³/mol. The summed E-state index contributed by atoms with van der Waals surface area (Å²) in [6, 6.07) is 8.11. The van der Waals surface area contributed by atoms with Crippen molar-refractivity contribution in [2.45, 2.75) is 0 Å². The van der Waals surface area contributed by atoms with E-state index < -0.39 is 0 Å². The molecule has 0 bridgehead atoms. The largest absolute Gasteiger partial charge is 0.379 e. The predicted octanol–water partition coefficient (Wildman–Crippen LogP) is 2.19. The second-order valence-electron chi connectivity index (χ2n) is 2.09. The molecule has 0 radical (unpaired) electrons. The molecule has 11 heavy (non-hydrogen) atoms. The highest BCUT2D eigenvalue weighted by atomic mass is 127. The number of hydrogen-bond donors (Lipinski definition) is 1. The lowest BCUT2D eigenvalue weighted by molar-refractivity contribution is 1.20. The Labute approximate surface area is 85.3 Å². The number of thiocarbonyl (C=S) groups is 1. The van der Waals surface area contributed by atoms with Crippen LogP contribution in [0, 0.1) is 3.57 Å². The van der Waals surface area contributed by atoms with Gasteiger partial charge in [0.2, 0.25) is 0 Å². The molecule has 3 heteroatoms. The van der Waals surface area contributed by atoms with Crippen LogP contribution >= 0.6 is 34.8 Å². The van der Waals surface area contributed by atoms with Crippen molar-refractivity contribution in [2.24, 2.45) is 0 Å². The van der Waals surface area contributed by atoms with E-state index >= 15 is 0 Å².